The molecule has 0 amide bonds. The first kappa shape index (κ1) is 21.4. The van der Waals surface area contributed by atoms with Crippen molar-refractivity contribution >= 4 is 12.1 Å². The molecule has 156 valence electrons. The largest absolute Gasteiger partial charge is 0.228 e. The van der Waals surface area contributed by atoms with Gasteiger partial charge in [-0.1, -0.05) is 121 Å². The molecule has 0 atom stereocenters. The molecule has 0 fully saturated rings. The van der Waals surface area contributed by atoms with Crippen molar-refractivity contribution in [2.75, 3.05) is 0 Å². The zero-order valence-electron chi connectivity index (χ0n) is 17.7. The Labute approximate surface area is 190 Å². The minimum Gasteiger partial charge on any atom is -0.228 e. The first-order chi connectivity index (χ1) is 15.3. The van der Waals surface area contributed by atoms with E-state index in [0.29, 0.717) is 0 Å². The van der Waals surface area contributed by atoms with E-state index in [1.807, 2.05) is 12.1 Å². The molecule has 31 heavy (non-hydrogen) atoms. The highest BCUT2D eigenvalue weighted by Gasteiger charge is 2.15. The minimum atomic E-state index is 0.889. The lowest BCUT2D eigenvalue weighted by Gasteiger charge is -2.29. The van der Waals surface area contributed by atoms with E-state index < -0.39 is 0 Å². The Morgan fingerprint density at radius 2 is 0.581 bits per heavy atom. The fourth-order valence-corrected chi connectivity index (χ4v) is 4.69. The third kappa shape index (κ3) is 7.11. The smallest absolute Gasteiger partial charge is 0.0356 e. The predicted octanol–water partition coefficient (Wildman–Crippen LogP) is 6.95. The molecule has 0 N–H and O–H groups in total. The van der Waals surface area contributed by atoms with Crippen molar-refractivity contribution in [2.45, 2.75) is 26.2 Å². The van der Waals surface area contributed by atoms with Gasteiger partial charge >= 0.3 is 0 Å². The first-order valence-corrected chi connectivity index (χ1v) is 11.4. The third-order valence-electron chi connectivity index (χ3n) is 5.04. The Morgan fingerprint density at radius 3 is 0.806 bits per heavy atom. The van der Waals surface area contributed by atoms with Crippen LogP contribution in [0.4, 0.5) is 0 Å². The van der Waals surface area contributed by atoms with Gasteiger partial charge in [0, 0.05) is 38.3 Å². The summed E-state index contributed by atoms with van der Waals surface area (Å²) in [7, 11) is 0. The van der Waals surface area contributed by atoms with Gasteiger partial charge in [0.15, 0.2) is 0 Å². The van der Waals surface area contributed by atoms with Crippen LogP contribution in [0.25, 0.3) is 0 Å². The molecule has 2 nitrogen and oxygen atoms in total. The maximum absolute atomic E-state index is 2.45. The Morgan fingerprint density at radius 1 is 0.355 bits per heavy atom. The molecule has 0 aromatic heterocycles. The normalized spacial score (nSPS) is 11.2. The van der Waals surface area contributed by atoms with Crippen LogP contribution in [0.15, 0.2) is 121 Å². The molecule has 0 aliphatic rings. The maximum atomic E-state index is 2.45. The van der Waals surface area contributed by atoms with Crippen molar-refractivity contribution in [3.8, 4) is 0 Å². The average molecular weight is 425 g/mol. The summed E-state index contributed by atoms with van der Waals surface area (Å²) in [6, 6.07) is 42.9. The second kappa shape index (κ2) is 11.5. The minimum absolute atomic E-state index is 0.889. The molecule has 0 aliphatic heterocycles. The highest BCUT2D eigenvalue weighted by atomic mass is 32.2. The van der Waals surface area contributed by atoms with E-state index in [0.717, 1.165) is 26.2 Å². The van der Waals surface area contributed by atoms with Crippen LogP contribution in [-0.2, 0) is 26.2 Å². The van der Waals surface area contributed by atoms with Crippen molar-refractivity contribution in [1.82, 2.24) is 8.61 Å². The van der Waals surface area contributed by atoms with E-state index in [2.05, 4.69) is 130 Å². The van der Waals surface area contributed by atoms with Crippen molar-refractivity contribution in [3.63, 3.8) is 0 Å². The summed E-state index contributed by atoms with van der Waals surface area (Å²) >= 11 is 1.84. The topological polar surface area (TPSA) is 6.48 Å². The number of rotatable bonds is 10. The van der Waals surface area contributed by atoms with Gasteiger partial charge in [-0.25, -0.2) is 8.61 Å². The highest BCUT2D eigenvalue weighted by Crippen LogP contribution is 2.26. The van der Waals surface area contributed by atoms with Gasteiger partial charge < -0.3 is 0 Å². The standard InChI is InChI=1S/C28H28N2S/c1-5-13-25(14-6-1)21-29(22-26-15-7-2-8-16-26)31-30(23-27-17-9-3-10-18-27)24-28-19-11-4-12-20-28/h1-20H,21-24H2. The summed E-state index contributed by atoms with van der Waals surface area (Å²) in [5.74, 6) is 0. The van der Waals surface area contributed by atoms with Crippen LogP contribution in [0.2, 0.25) is 0 Å². The highest BCUT2D eigenvalue weighted by molar-refractivity contribution is 7.94. The zero-order chi connectivity index (χ0) is 21.1. The lowest BCUT2D eigenvalue weighted by molar-refractivity contribution is 0.394. The second-order valence-corrected chi connectivity index (χ2v) is 8.82. The van der Waals surface area contributed by atoms with E-state index in [9.17, 15) is 0 Å². The van der Waals surface area contributed by atoms with Crippen LogP contribution in [0.1, 0.15) is 22.3 Å². The van der Waals surface area contributed by atoms with Crippen LogP contribution in [0.3, 0.4) is 0 Å². The molecule has 0 aliphatic carbocycles. The van der Waals surface area contributed by atoms with Gasteiger partial charge in [0.25, 0.3) is 0 Å². The van der Waals surface area contributed by atoms with Gasteiger partial charge in [-0.05, 0) is 22.3 Å². The second-order valence-electron chi connectivity index (χ2n) is 7.62. The lowest BCUT2D eigenvalue weighted by atomic mass is 10.2. The van der Waals surface area contributed by atoms with Gasteiger partial charge in [0.05, 0.1) is 0 Å². The molecule has 4 aromatic carbocycles. The molecule has 0 saturated carbocycles. The molecular weight excluding hydrogens is 396 g/mol. The number of benzene rings is 4. The number of nitrogens with zero attached hydrogens (tertiary/aromatic N) is 2. The van der Waals surface area contributed by atoms with Crippen molar-refractivity contribution < 1.29 is 0 Å². The van der Waals surface area contributed by atoms with Crippen LogP contribution in [0, 0.1) is 0 Å². The van der Waals surface area contributed by atoms with Crippen LogP contribution < -0.4 is 0 Å². The number of hydrogen-bond acceptors (Lipinski definition) is 3. The monoisotopic (exact) mass is 424 g/mol. The van der Waals surface area contributed by atoms with Gasteiger partial charge in [0.2, 0.25) is 0 Å². The van der Waals surface area contributed by atoms with E-state index in [-0.39, 0.29) is 0 Å². The molecule has 0 bridgehead atoms. The molecule has 4 rings (SSSR count). The summed E-state index contributed by atoms with van der Waals surface area (Å²) in [6.07, 6.45) is 0. The molecule has 4 aromatic rings. The Hall–Kier alpha value is -2.85. The molecule has 0 radical (unpaired) electrons. The zero-order valence-corrected chi connectivity index (χ0v) is 18.5. The van der Waals surface area contributed by atoms with Gasteiger partial charge in [0.1, 0.15) is 0 Å². The quantitative estimate of drug-likeness (QED) is 0.254. The first-order valence-electron chi connectivity index (χ1n) is 10.7. The molecular formula is C28H28N2S. The Bertz CT molecular complexity index is 840. The summed E-state index contributed by atoms with van der Waals surface area (Å²) in [5.41, 5.74) is 5.30. The fourth-order valence-electron chi connectivity index (χ4n) is 3.54. The third-order valence-corrected chi connectivity index (χ3v) is 6.02. The summed E-state index contributed by atoms with van der Waals surface area (Å²) in [5, 5.41) is 0. The van der Waals surface area contributed by atoms with Crippen LogP contribution in [-0.4, -0.2) is 8.61 Å². The molecule has 0 heterocycles. The summed E-state index contributed by atoms with van der Waals surface area (Å²) < 4.78 is 4.91. The predicted molar refractivity (Wildman–Crippen MR) is 132 cm³/mol. The summed E-state index contributed by atoms with van der Waals surface area (Å²) in [4.78, 5) is 0. The van der Waals surface area contributed by atoms with Gasteiger partial charge in [-0.15, -0.1) is 0 Å². The average Bonchev–Trinajstić information content (AvgIpc) is 2.82. The van der Waals surface area contributed by atoms with Crippen molar-refractivity contribution in [2.24, 2.45) is 0 Å². The molecule has 3 heteroatoms. The SMILES string of the molecule is c1ccc(CN(Cc2ccccc2)SN(Cc2ccccc2)Cc2ccccc2)cc1. The van der Waals surface area contributed by atoms with Crippen LogP contribution >= 0.6 is 12.1 Å². The Kier molecular flexibility index (Phi) is 7.94. The van der Waals surface area contributed by atoms with Gasteiger partial charge in [-0.2, -0.15) is 0 Å². The molecule has 0 spiro atoms. The van der Waals surface area contributed by atoms with Gasteiger partial charge in [-0.3, -0.25) is 0 Å². The fraction of sp³-hybridized carbons (Fsp3) is 0.143. The van der Waals surface area contributed by atoms with E-state index >= 15 is 0 Å². The van der Waals surface area contributed by atoms with Crippen molar-refractivity contribution in [1.29, 1.82) is 0 Å². The van der Waals surface area contributed by atoms with Crippen molar-refractivity contribution in [3.05, 3.63) is 144 Å². The van der Waals surface area contributed by atoms with Crippen LogP contribution in [0.5, 0.6) is 0 Å². The van der Waals surface area contributed by atoms with E-state index in [4.69, 9.17) is 0 Å². The Balaban J connectivity index is 1.55. The lowest BCUT2D eigenvalue weighted by Crippen LogP contribution is -2.25. The maximum Gasteiger partial charge on any atom is 0.0356 e. The summed E-state index contributed by atoms with van der Waals surface area (Å²) in [6.45, 7) is 3.56. The molecule has 0 unspecified atom stereocenters. The van der Waals surface area contributed by atoms with E-state index in [1.54, 1.807) is 0 Å². The molecule has 0 saturated heterocycles. The number of hydrogen-bond donors (Lipinski definition) is 0. The van der Waals surface area contributed by atoms with E-state index in [1.165, 1.54) is 22.3 Å².